The fraction of sp³-hybridized carbons (Fsp3) is 0.471. The lowest BCUT2D eigenvalue weighted by atomic mass is 10.0. The Labute approximate surface area is 141 Å². The third kappa shape index (κ3) is 3.73. The van der Waals surface area contributed by atoms with E-state index in [2.05, 4.69) is 14.5 Å². The fourth-order valence-corrected chi connectivity index (χ4v) is 2.93. The monoisotopic (exact) mass is 330 g/mol. The molecule has 3 heterocycles. The third-order valence-corrected chi connectivity index (χ3v) is 4.16. The first-order chi connectivity index (χ1) is 11.8. The van der Waals surface area contributed by atoms with Crippen LogP contribution in [-0.4, -0.2) is 58.8 Å². The maximum absolute atomic E-state index is 12.9. The highest BCUT2D eigenvalue weighted by Gasteiger charge is 2.27. The first-order valence-corrected chi connectivity index (χ1v) is 8.13. The summed E-state index contributed by atoms with van der Waals surface area (Å²) in [5.41, 5.74) is 0.500. The van der Waals surface area contributed by atoms with E-state index < -0.39 is 0 Å². The highest BCUT2D eigenvalue weighted by atomic mass is 16.5. The second kappa shape index (κ2) is 7.92. The van der Waals surface area contributed by atoms with Gasteiger partial charge >= 0.3 is 0 Å². The van der Waals surface area contributed by atoms with Crippen LogP contribution >= 0.6 is 0 Å². The Morgan fingerprint density at radius 3 is 3.08 bits per heavy atom. The first-order valence-electron chi connectivity index (χ1n) is 8.13. The van der Waals surface area contributed by atoms with Gasteiger partial charge in [0.15, 0.2) is 0 Å². The van der Waals surface area contributed by atoms with Crippen LogP contribution in [0.25, 0.3) is 0 Å². The Kier molecular flexibility index (Phi) is 5.43. The number of hydrogen-bond donors (Lipinski definition) is 0. The predicted molar refractivity (Wildman–Crippen MR) is 88.0 cm³/mol. The minimum Gasteiger partial charge on any atom is -0.475 e. The minimum absolute atomic E-state index is 0.0414. The lowest BCUT2D eigenvalue weighted by molar-refractivity contribution is 0.0671. The average molecular weight is 330 g/mol. The van der Waals surface area contributed by atoms with Gasteiger partial charge in [-0.3, -0.25) is 4.79 Å². The van der Waals surface area contributed by atoms with E-state index in [1.54, 1.807) is 31.6 Å². The van der Waals surface area contributed by atoms with E-state index in [1.807, 2.05) is 17.4 Å². The van der Waals surface area contributed by atoms with Gasteiger partial charge in [0.05, 0.1) is 19.0 Å². The van der Waals surface area contributed by atoms with E-state index in [1.165, 1.54) is 0 Å². The molecule has 0 saturated carbocycles. The fourth-order valence-electron chi connectivity index (χ4n) is 2.93. The molecule has 1 saturated heterocycles. The van der Waals surface area contributed by atoms with E-state index >= 15 is 0 Å². The van der Waals surface area contributed by atoms with Gasteiger partial charge in [-0.25, -0.2) is 9.97 Å². The number of piperidine rings is 1. The predicted octanol–water partition coefficient (Wildman–Crippen LogP) is 1.78. The Bertz CT molecular complexity index is 660. The molecule has 0 bridgehead atoms. The normalized spacial score (nSPS) is 17.7. The summed E-state index contributed by atoms with van der Waals surface area (Å²) in [6, 6.07) is 3.78. The van der Waals surface area contributed by atoms with Gasteiger partial charge in [0.2, 0.25) is 5.88 Å². The SMILES string of the molecule is COCCOc1ncccc1C(=O)N1CCC[C@@H](n2ccnc2)C1. The number of nitrogens with zero attached hydrogens (tertiary/aromatic N) is 4. The van der Waals surface area contributed by atoms with Crippen molar-refractivity contribution in [3.63, 3.8) is 0 Å². The van der Waals surface area contributed by atoms with Gasteiger partial charge in [0, 0.05) is 38.8 Å². The van der Waals surface area contributed by atoms with Crippen molar-refractivity contribution in [2.45, 2.75) is 18.9 Å². The molecule has 1 aliphatic rings. The van der Waals surface area contributed by atoms with Gasteiger partial charge in [0.1, 0.15) is 12.2 Å². The second-order valence-electron chi connectivity index (χ2n) is 5.75. The molecule has 0 aliphatic carbocycles. The summed E-state index contributed by atoms with van der Waals surface area (Å²) in [4.78, 5) is 23.1. The van der Waals surface area contributed by atoms with E-state index in [4.69, 9.17) is 9.47 Å². The Morgan fingerprint density at radius 1 is 1.38 bits per heavy atom. The van der Waals surface area contributed by atoms with Gasteiger partial charge in [0.25, 0.3) is 5.91 Å². The summed E-state index contributed by atoms with van der Waals surface area (Å²) in [6.07, 6.45) is 9.16. The molecule has 1 amide bonds. The quantitative estimate of drug-likeness (QED) is 0.755. The molecule has 7 nitrogen and oxygen atoms in total. The Morgan fingerprint density at radius 2 is 2.29 bits per heavy atom. The van der Waals surface area contributed by atoms with Crippen molar-refractivity contribution in [3.05, 3.63) is 42.6 Å². The molecule has 0 radical (unpaired) electrons. The zero-order chi connectivity index (χ0) is 16.8. The smallest absolute Gasteiger partial charge is 0.259 e. The van der Waals surface area contributed by atoms with Crippen LogP contribution in [-0.2, 0) is 4.74 Å². The Balaban J connectivity index is 1.71. The van der Waals surface area contributed by atoms with Crippen LogP contribution < -0.4 is 4.74 Å². The molecule has 0 aromatic carbocycles. The van der Waals surface area contributed by atoms with Crippen LogP contribution in [0.1, 0.15) is 29.2 Å². The molecule has 7 heteroatoms. The van der Waals surface area contributed by atoms with Crippen molar-refractivity contribution in [1.82, 2.24) is 19.4 Å². The van der Waals surface area contributed by atoms with E-state index in [9.17, 15) is 4.79 Å². The number of aromatic nitrogens is 3. The van der Waals surface area contributed by atoms with Crippen LogP contribution in [0.3, 0.4) is 0 Å². The van der Waals surface area contributed by atoms with Crippen LogP contribution in [0.15, 0.2) is 37.1 Å². The average Bonchev–Trinajstić information content (AvgIpc) is 3.17. The number of likely N-dealkylation sites (tertiary alicyclic amines) is 1. The van der Waals surface area contributed by atoms with Crippen molar-refractivity contribution in [2.75, 3.05) is 33.4 Å². The molecule has 24 heavy (non-hydrogen) atoms. The number of hydrogen-bond acceptors (Lipinski definition) is 5. The van der Waals surface area contributed by atoms with Gasteiger partial charge < -0.3 is 18.9 Å². The Hall–Kier alpha value is -2.41. The van der Waals surface area contributed by atoms with Gasteiger partial charge in [-0.1, -0.05) is 0 Å². The largest absolute Gasteiger partial charge is 0.475 e. The van der Waals surface area contributed by atoms with Gasteiger partial charge in [-0.2, -0.15) is 0 Å². The van der Waals surface area contributed by atoms with E-state index in [0.29, 0.717) is 31.2 Å². The molecule has 128 valence electrons. The summed E-state index contributed by atoms with van der Waals surface area (Å²) in [5.74, 6) is 0.324. The maximum Gasteiger partial charge on any atom is 0.259 e. The molecule has 0 N–H and O–H groups in total. The number of ether oxygens (including phenoxy) is 2. The number of methoxy groups -OCH3 is 1. The van der Waals surface area contributed by atoms with Crippen molar-refractivity contribution in [1.29, 1.82) is 0 Å². The molecule has 0 unspecified atom stereocenters. The van der Waals surface area contributed by atoms with Crippen molar-refractivity contribution >= 4 is 5.91 Å². The summed E-state index contributed by atoms with van der Waals surface area (Å²) < 4.78 is 12.6. The third-order valence-electron chi connectivity index (χ3n) is 4.16. The summed E-state index contributed by atoms with van der Waals surface area (Å²) in [5, 5.41) is 0. The highest BCUT2D eigenvalue weighted by Crippen LogP contribution is 2.24. The summed E-state index contributed by atoms with van der Waals surface area (Å²) >= 11 is 0. The lowest BCUT2D eigenvalue weighted by Gasteiger charge is -2.33. The number of rotatable bonds is 6. The second-order valence-corrected chi connectivity index (χ2v) is 5.75. The number of carbonyl (C=O) groups excluding carboxylic acids is 1. The molecular formula is C17H22N4O3. The van der Waals surface area contributed by atoms with Crippen LogP contribution in [0.4, 0.5) is 0 Å². The maximum atomic E-state index is 12.9. The zero-order valence-corrected chi connectivity index (χ0v) is 13.8. The van der Waals surface area contributed by atoms with Crippen LogP contribution in [0, 0.1) is 0 Å². The molecule has 1 atom stereocenters. The van der Waals surface area contributed by atoms with E-state index in [0.717, 1.165) is 19.4 Å². The molecule has 2 aromatic rings. The number of imidazole rings is 1. The number of pyridine rings is 1. The molecule has 1 fully saturated rings. The number of amides is 1. The molecule has 3 rings (SSSR count). The summed E-state index contributed by atoms with van der Waals surface area (Å²) in [7, 11) is 1.61. The molecular weight excluding hydrogens is 308 g/mol. The van der Waals surface area contributed by atoms with Crippen molar-refractivity contribution in [3.8, 4) is 5.88 Å². The van der Waals surface area contributed by atoms with Crippen molar-refractivity contribution < 1.29 is 14.3 Å². The van der Waals surface area contributed by atoms with Gasteiger partial charge in [-0.05, 0) is 25.0 Å². The molecule has 0 spiro atoms. The highest BCUT2D eigenvalue weighted by molar-refractivity contribution is 5.96. The zero-order valence-electron chi connectivity index (χ0n) is 13.8. The summed E-state index contributed by atoms with van der Waals surface area (Å²) in [6.45, 7) is 2.24. The van der Waals surface area contributed by atoms with Gasteiger partial charge in [-0.15, -0.1) is 0 Å². The lowest BCUT2D eigenvalue weighted by Crippen LogP contribution is -2.40. The van der Waals surface area contributed by atoms with Crippen LogP contribution in [0.5, 0.6) is 5.88 Å². The minimum atomic E-state index is -0.0414. The van der Waals surface area contributed by atoms with Crippen molar-refractivity contribution in [2.24, 2.45) is 0 Å². The van der Waals surface area contributed by atoms with E-state index in [-0.39, 0.29) is 11.9 Å². The molecule has 2 aromatic heterocycles. The van der Waals surface area contributed by atoms with Crippen LogP contribution in [0.2, 0.25) is 0 Å². The number of carbonyl (C=O) groups is 1. The standard InChI is InChI=1S/C17H22N4O3/c1-23-10-11-24-16-15(5-2-6-19-16)17(22)20-8-3-4-14(12-20)21-9-7-18-13-21/h2,5-7,9,13-14H,3-4,8,10-12H2,1H3/t14-/m1/s1. The molecule has 1 aliphatic heterocycles. The first kappa shape index (κ1) is 16.4. The topological polar surface area (TPSA) is 69.5 Å².